The van der Waals surface area contributed by atoms with Gasteiger partial charge in [0.15, 0.2) is 0 Å². The molecule has 20 heavy (non-hydrogen) atoms. The van der Waals surface area contributed by atoms with Gasteiger partial charge in [-0.2, -0.15) is 0 Å². The van der Waals surface area contributed by atoms with Crippen molar-refractivity contribution in [1.29, 1.82) is 0 Å². The first-order valence-corrected chi connectivity index (χ1v) is 6.85. The Balaban J connectivity index is 2.23. The molecule has 1 amide bonds. The number of rotatable bonds is 4. The highest BCUT2D eigenvalue weighted by Crippen LogP contribution is 2.17. The van der Waals surface area contributed by atoms with Gasteiger partial charge in [0, 0.05) is 11.9 Å². The number of nitrogens with one attached hydrogen (secondary N) is 1. The molecule has 1 heterocycles. The number of hydrogen-bond donors (Lipinski definition) is 1. The predicted molar refractivity (Wildman–Crippen MR) is 79.9 cm³/mol. The molecule has 0 saturated heterocycles. The van der Waals surface area contributed by atoms with Crippen LogP contribution in [-0.2, 0) is 12.8 Å². The molecule has 2 rings (SSSR count). The average Bonchev–Trinajstić information content (AvgIpc) is 2.49. The van der Waals surface area contributed by atoms with Crippen molar-refractivity contribution in [3.05, 3.63) is 53.1 Å². The Labute approximate surface area is 119 Å². The summed E-state index contributed by atoms with van der Waals surface area (Å²) in [4.78, 5) is 20.4. The van der Waals surface area contributed by atoms with E-state index in [4.69, 9.17) is 0 Å². The fourth-order valence-electron chi connectivity index (χ4n) is 2.15. The third-order valence-electron chi connectivity index (χ3n) is 3.36. The summed E-state index contributed by atoms with van der Waals surface area (Å²) in [5.41, 5.74) is 4.59. The lowest BCUT2D eigenvalue weighted by molar-refractivity contribution is 0.102. The van der Waals surface area contributed by atoms with Crippen LogP contribution in [-0.4, -0.2) is 15.9 Å². The zero-order valence-electron chi connectivity index (χ0n) is 12.1. The summed E-state index contributed by atoms with van der Waals surface area (Å²) in [6.45, 7) is 6.15. The van der Waals surface area contributed by atoms with E-state index in [1.807, 2.05) is 25.1 Å². The van der Waals surface area contributed by atoms with Crippen molar-refractivity contribution in [2.24, 2.45) is 0 Å². The van der Waals surface area contributed by atoms with E-state index in [2.05, 4.69) is 29.1 Å². The molecule has 0 spiro atoms. The van der Waals surface area contributed by atoms with E-state index in [0.717, 1.165) is 17.8 Å². The second-order valence-corrected chi connectivity index (χ2v) is 4.69. The Hall–Kier alpha value is -2.23. The van der Waals surface area contributed by atoms with Gasteiger partial charge in [-0.25, -0.2) is 9.97 Å². The number of aryl methyl sites for hydroxylation is 3. The minimum Gasteiger partial charge on any atom is -0.322 e. The third-order valence-corrected chi connectivity index (χ3v) is 3.36. The molecule has 1 aromatic carbocycles. The van der Waals surface area contributed by atoms with Crippen LogP contribution >= 0.6 is 0 Å². The van der Waals surface area contributed by atoms with Crippen molar-refractivity contribution in [2.45, 2.75) is 33.6 Å². The normalized spacial score (nSPS) is 10.3. The van der Waals surface area contributed by atoms with Crippen LogP contribution in [0.2, 0.25) is 0 Å². The van der Waals surface area contributed by atoms with Gasteiger partial charge in [0.25, 0.3) is 5.91 Å². The van der Waals surface area contributed by atoms with Gasteiger partial charge in [-0.3, -0.25) is 4.79 Å². The maximum absolute atomic E-state index is 12.3. The Bertz CT molecular complexity index is 623. The molecule has 0 aliphatic heterocycles. The van der Waals surface area contributed by atoms with Gasteiger partial charge in [0.1, 0.15) is 6.33 Å². The van der Waals surface area contributed by atoms with Crippen LogP contribution in [0.15, 0.2) is 30.7 Å². The minimum atomic E-state index is -0.159. The van der Waals surface area contributed by atoms with Crippen molar-refractivity contribution in [3.63, 3.8) is 0 Å². The Morgan fingerprint density at radius 2 is 2.05 bits per heavy atom. The summed E-state index contributed by atoms with van der Waals surface area (Å²) >= 11 is 0. The first-order valence-electron chi connectivity index (χ1n) is 6.85. The van der Waals surface area contributed by atoms with Crippen LogP contribution < -0.4 is 5.32 Å². The lowest BCUT2D eigenvalue weighted by atomic mass is 10.1. The van der Waals surface area contributed by atoms with Crippen LogP contribution in [0.5, 0.6) is 0 Å². The zero-order valence-corrected chi connectivity index (χ0v) is 12.1. The van der Waals surface area contributed by atoms with Crippen LogP contribution in [0.4, 0.5) is 5.69 Å². The van der Waals surface area contributed by atoms with Crippen molar-refractivity contribution < 1.29 is 4.79 Å². The lowest BCUT2D eigenvalue weighted by Gasteiger charge is -2.10. The number of anilines is 1. The average molecular weight is 269 g/mol. The van der Waals surface area contributed by atoms with Crippen LogP contribution in [0.3, 0.4) is 0 Å². The monoisotopic (exact) mass is 269 g/mol. The molecule has 0 bridgehead atoms. The molecule has 1 N–H and O–H groups in total. The molecule has 0 aliphatic rings. The maximum atomic E-state index is 12.3. The second kappa shape index (κ2) is 6.28. The summed E-state index contributed by atoms with van der Waals surface area (Å²) in [5, 5.41) is 2.92. The van der Waals surface area contributed by atoms with Crippen molar-refractivity contribution >= 4 is 11.6 Å². The van der Waals surface area contributed by atoms with E-state index in [9.17, 15) is 4.79 Å². The third kappa shape index (κ3) is 3.02. The number of carbonyl (C=O) groups is 1. The highest BCUT2D eigenvalue weighted by atomic mass is 16.1. The molecule has 1 aromatic heterocycles. The smallest absolute Gasteiger partial charge is 0.259 e. The van der Waals surface area contributed by atoms with E-state index < -0.39 is 0 Å². The Morgan fingerprint density at radius 3 is 2.75 bits per heavy atom. The SMILES string of the molecule is CCc1cc(NC(=O)c2cncnc2CC)ccc1C. The molecule has 0 fully saturated rings. The van der Waals surface area contributed by atoms with Crippen LogP contribution in [0.25, 0.3) is 0 Å². The number of carbonyl (C=O) groups excluding carboxylic acids is 1. The molecule has 0 atom stereocenters. The van der Waals surface area contributed by atoms with Gasteiger partial charge in [-0.15, -0.1) is 0 Å². The summed E-state index contributed by atoms with van der Waals surface area (Å²) < 4.78 is 0. The largest absolute Gasteiger partial charge is 0.322 e. The van der Waals surface area contributed by atoms with Crippen LogP contribution in [0, 0.1) is 6.92 Å². The molecular formula is C16H19N3O. The number of hydrogen-bond acceptors (Lipinski definition) is 3. The molecule has 4 heteroatoms. The Kier molecular flexibility index (Phi) is 4.45. The molecular weight excluding hydrogens is 250 g/mol. The van der Waals surface area contributed by atoms with Crippen molar-refractivity contribution in [1.82, 2.24) is 9.97 Å². The molecule has 0 saturated carbocycles. The molecule has 0 aliphatic carbocycles. The minimum absolute atomic E-state index is 0.159. The number of aromatic nitrogens is 2. The van der Waals surface area contributed by atoms with Gasteiger partial charge in [-0.1, -0.05) is 19.9 Å². The van der Waals surface area contributed by atoms with E-state index in [0.29, 0.717) is 12.0 Å². The fourth-order valence-corrected chi connectivity index (χ4v) is 2.15. The second-order valence-electron chi connectivity index (χ2n) is 4.69. The van der Waals surface area contributed by atoms with E-state index in [1.165, 1.54) is 17.5 Å². The number of benzene rings is 1. The molecule has 0 radical (unpaired) electrons. The van der Waals surface area contributed by atoms with E-state index in [1.54, 1.807) is 6.20 Å². The quantitative estimate of drug-likeness (QED) is 0.927. The summed E-state index contributed by atoms with van der Waals surface area (Å²) in [5.74, 6) is -0.159. The summed E-state index contributed by atoms with van der Waals surface area (Å²) in [6.07, 6.45) is 4.69. The van der Waals surface area contributed by atoms with Crippen LogP contribution in [0.1, 0.15) is 41.0 Å². The standard InChI is InChI=1S/C16H19N3O/c1-4-12-8-13(7-6-11(12)3)19-16(20)14-9-17-10-18-15(14)5-2/h6-10H,4-5H2,1-3H3,(H,19,20). The van der Waals surface area contributed by atoms with Crippen molar-refractivity contribution in [3.8, 4) is 0 Å². The fraction of sp³-hybridized carbons (Fsp3) is 0.312. The summed E-state index contributed by atoms with van der Waals surface area (Å²) in [7, 11) is 0. The predicted octanol–water partition coefficient (Wildman–Crippen LogP) is 3.16. The molecule has 4 nitrogen and oxygen atoms in total. The van der Waals surface area contributed by atoms with E-state index in [-0.39, 0.29) is 5.91 Å². The van der Waals surface area contributed by atoms with Gasteiger partial charge in [-0.05, 0) is 43.0 Å². The highest BCUT2D eigenvalue weighted by Gasteiger charge is 2.12. The maximum Gasteiger partial charge on any atom is 0.259 e. The molecule has 2 aromatic rings. The lowest BCUT2D eigenvalue weighted by Crippen LogP contribution is -2.15. The highest BCUT2D eigenvalue weighted by molar-refractivity contribution is 6.04. The number of nitrogens with zero attached hydrogens (tertiary/aromatic N) is 2. The van der Waals surface area contributed by atoms with Gasteiger partial charge < -0.3 is 5.32 Å². The summed E-state index contributed by atoms with van der Waals surface area (Å²) in [6, 6.07) is 5.96. The first-order chi connectivity index (χ1) is 9.65. The Morgan fingerprint density at radius 1 is 1.25 bits per heavy atom. The topological polar surface area (TPSA) is 54.9 Å². The van der Waals surface area contributed by atoms with Gasteiger partial charge in [0.2, 0.25) is 0 Å². The first kappa shape index (κ1) is 14.2. The number of amides is 1. The van der Waals surface area contributed by atoms with Gasteiger partial charge in [0.05, 0.1) is 11.3 Å². The molecule has 104 valence electrons. The molecule has 0 unspecified atom stereocenters. The van der Waals surface area contributed by atoms with Gasteiger partial charge >= 0.3 is 0 Å². The van der Waals surface area contributed by atoms with Crippen molar-refractivity contribution in [2.75, 3.05) is 5.32 Å². The van der Waals surface area contributed by atoms with E-state index >= 15 is 0 Å². The zero-order chi connectivity index (χ0) is 14.5.